The highest BCUT2D eigenvalue weighted by Crippen LogP contribution is 2.22. The first-order chi connectivity index (χ1) is 14.1. The molecule has 166 valence electrons. The van der Waals surface area contributed by atoms with Crippen molar-refractivity contribution in [1.82, 2.24) is 24.1 Å². The van der Waals surface area contributed by atoms with Gasteiger partial charge in [-0.15, -0.1) is 0 Å². The molecule has 30 heavy (non-hydrogen) atoms. The minimum atomic E-state index is -3.55. The van der Waals surface area contributed by atoms with Crippen molar-refractivity contribution < 1.29 is 18.0 Å². The molecule has 10 heteroatoms. The van der Waals surface area contributed by atoms with E-state index in [1.165, 1.54) is 14.1 Å². The number of carbonyl (C=O) groups excluding carboxylic acids is 2. The molecule has 1 aromatic carbocycles. The first-order valence-corrected chi connectivity index (χ1v) is 11.6. The maximum Gasteiger partial charge on any atom is 0.242 e. The summed E-state index contributed by atoms with van der Waals surface area (Å²) in [6.07, 6.45) is 0.585. The largest absolute Gasteiger partial charge is 0.347 e. The molecule has 1 N–H and O–H groups in total. The lowest BCUT2D eigenvalue weighted by Gasteiger charge is -2.18. The fraction of sp³-hybridized carbons (Fsp3) is 0.550. The smallest absolute Gasteiger partial charge is 0.242 e. The van der Waals surface area contributed by atoms with Crippen LogP contribution in [0.25, 0.3) is 11.0 Å². The zero-order valence-corrected chi connectivity index (χ0v) is 19.1. The number of imidazole rings is 1. The van der Waals surface area contributed by atoms with Crippen LogP contribution in [0.1, 0.15) is 33.0 Å². The normalized spacial score (nSPS) is 11.8. The Bertz CT molecular complexity index is 1010. The van der Waals surface area contributed by atoms with Crippen LogP contribution >= 0.6 is 0 Å². The van der Waals surface area contributed by atoms with Crippen LogP contribution in [0.15, 0.2) is 23.1 Å². The van der Waals surface area contributed by atoms with Crippen molar-refractivity contribution in [3.63, 3.8) is 0 Å². The molecule has 0 radical (unpaired) electrons. The number of hydrogen-bond acceptors (Lipinski definition) is 5. The highest BCUT2D eigenvalue weighted by Gasteiger charge is 2.20. The van der Waals surface area contributed by atoms with Crippen LogP contribution in [0.5, 0.6) is 0 Å². The zero-order chi connectivity index (χ0) is 22.5. The number of aryl methyl sites for hydroxylation is 2. The topological polar surface area (TPSA) is 105 Å². The van der Waals surface area contributed by atoms with Gasteiger partial charge in [0.25, 0.3) is 0 Å². The molecule has 0 aliphatic heterocycles. The molecule has 0 aliphatic rings. The van der Waals surface area contributed by atoms with Gasteiger partial charge in [-0.25, -0.2) is 17.7 Å². The molecule has 2 amide bonds. The van der Waals surface area contributed by atoms with Crippen molar-refractivity contribution >= 4 is 32.9 Å². The minimum Gasteiger partial charge on any atom is -0.347 e. The molecule has 0 unspecified atom stereocenters. The van der Waals surface area contributed by atoms with Crippen molar-refractivity contribution in [2.45, 2.75) is 45.1 Å². The average molecular weight is 438 g/mol. The van der Waals surface area contributed by atoms with Gasteiger partial charge in [0.05, 0.1) is 22.5 Å². The molecule has 0 bridgehead atoms. The van der Waals surface area contributed by atoms with E-state index < -0.39 is 10.0 Å². The third-order valence-corrected chi connectivity index (χ3v) is 6.83. The molecule has 0 aliphatic carbocycles. The van der Waals surface area contributed by atoms with E-state index in [0.29, 0.717) is 37.4 Å². The summed E-state index contributed by atoms with van der Waals surface area (Å²) < 4.78 is 27.9. The van der Waals surface area contributed by atoms with E-state index >= 15 is 0 Å². The number of benzene rings is 1. The van der Waals surface area contributed by atoms with Gasteiger partial charge in [0.15, 0.2) is 0 Å². The number of sulfonamides is 1. The first-order valence-electron chi connectivity index (χ1n) is 10.1. The fourth-order valence-electron chi connectivity index (χ4n) is 3.25. The highest BCUT2D eigenvalue weighted by atomic mass is 32.2. The number of carbonyl (C=O) groups is 2. The van der Waals surface area contributed by atoms with Crippen LogP contribution in [-0.4, -0.2) is 72.7 Å². The quantitative estimate of drug-likeness (QED) is 0.602. The molecule has 9 nitrogen and oxygen atoms in total. The summed E-state index contributed by atoms with van der Waals surface area (Å²) in [6, 6.07) is 4.87. The van der Waals surface area contributed by atoms with Gasteiger partial charge in [-0.05, 0) is 39.0 Å². The summed E-state index contributed by atoms with van der Waals surface area (Å²) in [6.45, 7) is 7.61. The second kappa shape index (κ2) is 10.0. The van der Waals surface area contributed by atoms with Gasteiger partial charge in [0.1, 0.15) is 5.82 Å². The third-order valence-electron chi connectivity index (χ3n) is 5.02. The van der Waals surface area contributed by atoms with E-state index in [2.05, 4.69) is 10.3 Å². The van der Waals surface area contributed by atoms with E-state index in [0.717, 1.165) is 9.82 Å². The molecule has 1 aromatic heterocycles. The van der Waals surface area contributed by atoms with Crippen LogP contribution in [-0.2, 0) is 32.6 Å². The number of fused-ring (bicyclic) bond motifs is 1. The number of amides is 2. The summed E-state index contributed by atoms with van der Waals surface area (Å²) in [4.78, 5) is 30.6. The van der Waals surface area contributed by atoms with Gasteiger partial charge in [-0.3, -0.25) is 9.59 Å². The van der Waals surface area contributed by atoms with Gasteiger partial charge < -0.3 is 14.8 Å². The number of nitrogens with zero attached hydrogens (tertiary/aromatic N) is 4. The summed E-state index contributed by atoms with van der Waals surface area (Å²) in [7, 11) is -0.577. The van der Waals surface area contributed by atoms with Crippen molar-refractivity contribution in [2.75, 3.05) is 33.7 Å². The Kier molecular flexibility index (Phi) is 7.96. The van der Waals surface area contributed by atoms with Crippen molar-refractivity contribution in [3.05, 3.63) is 24.0 Å². The molecule has 0 atom stereocenters. The van der Waals surface area contributed by atoms with Gasteiger partial charge in [-0.1, -0.05) is 0 Å². The van der Waals surface area contributed by atoms with Crippen LogP contribution in [0, 0.1) is 0 Å². The summed E-state index contributed by atoms with van der Waals surface area (Å²) in [5, 5.41) is 2.66. The van der Waals surface area contributed by atoms with Gasteiger partial charge in [0.2, 0.25) is 21.8 Å². The maximum atomic E-state index is 12.4. The predicted octanol–water partition coefficient (Wildman–Crippen LogP) is 1.22. The molecule has 0 saturated heterocycles. The Hall–Kier alpha value is -2.46. The lowest BCUT2D eigenvalue weighted by molar-refractivity contribution is -0.132. The maximum absolute atomic E-state index is 12.4. The Labute approximate surface area is 178 Å². The number of rotatable bonds is 10. The van der Waals surface area contributed by atoms with Crippen molar-refractivity contribution in [1.29, 1.82) is 0 Å². The number of aromatic nitrogens is 2. The SMILES string of the molecule is CCN(CC)C(=O)CNC(=O)CCc1nc2cc(S(=O)(=O)N(C)C)ccc2n1CC. The van der Waals surface area contributed by atoms with E-state index in [1.807, 2.05) is 25.3 Å². The second-order valence-corrected chi connectivity index (χ2v) is 9.20. The third kappa shape index (κ3) is 5.17. The van der Waals surface area contributed by atoms with Crippen LogP contribution < -0.4 is 5.32 Å². The molecule has 0 saturated carbocycles. The second-order valence-electron chi connectivity index (χ2n) is 7.05. The predicted molar refractivity (Wildman–Crippen MR) is 116 cm³/mol. The number of nitrogens with one attached hydrogen (secondary N) is 1. The monoisotopic (exact) mass is 437 g/mol. The zero-order valence-electron chi connectivity index (χ0n) is 18.3. The Morgan fingerprint density at radius 2 is 1.80 bits per heavy atom. The lowest BCUT2D eigenvalue weighted by Crippen LogP contribution is -2.40. The summed E-state index contributed by atoms with van der Waals surface area (Å²) >= 11 is 0. The molecule has 0 spiro atoms. The first kappa shape index (κ1) is 23.8. The fourth-order valence-corrected chi connectivity index (χ4v) is 4.17. The molecule has 0 fully saturated rings. The number of likely N-dealkylation sites (N-methyl/N-ethyl adjacent to an activating group) is 1. The van der Waals surface area contributed by atoms with Gasteiger partial charge >= 0.3 is 0 Å². The Morgan fingerprint density at radius 1 is 1.13 bits per heavy atom. The lowest BCUT2D eigenvalue weighted by atomic mass is 10.2. The Balaban J connectivity index is 2.12. The molecule has 2 aromatic rings. The van der Waals surface area contributed by atoms with Crippen LogP contribution in [0.3, 0.4) is 0 Å². The molecular weight excluding hydrogens is 406 g/mol. The van der Waals surface area contributed by atoms with E-state index in [-0.39, 0.29) is 29.7 Å². The average Bonchev–Trinajstić information content (AvgIpc) is 3.08. The van der Waals surface area contributed by atoms with E-state index in [4.69, 9.17) is 0 Å². The summed E-state index contributed by atoms with van der Waals surface area (Å²) in [5.41, 5.74) is 1.40. The molecular formula is C20H31N5O4S. The molecule has 2 rings (SSSR count). The minimum absolute atomic E-state index is 0.0174. The van der Waals surface area contributed by atoms with Crippen LogP contribution in [0.2, 0.25) is 0 Å². The van der Waals surface area contributed by atoms with Crippen molar-refractivity contribution in [2.24, 2.45) is 0 Å². The Morgan fingerprint density at radius 3 is 2.37 bits per heavy atom. The van der Waals surface area contributed by atoms with Gasteiger partial charge in [-0.2, -0.15) is 0 Å². The highest BCUT2D eigenvalue weighted by molar-refractivity contribution is 7.89. The van der Waals surface area contributed by atoms with E-state index in [9.17, 15) is 18.0 Å². The van der Waals surface area contributed by atoms with Crippen LogP contribution in [0.4, 0.5) is 0 Å². The number of hydrogen-bond donors (Lipinski definition) is 1. The van der Waals surface area contributed by atoms with Gasteiger partial charge in [0, 0.05) is 46.6 Å². The molecule has 1 heterocycles. The standard InChI is InChI=1S/C20H31N5O4S/c1-6-24(7-2)20(27)14-21-19(26)12-11-18-22-16-13-15(30(28,29)23(4)5)9-10-17(16)25(18)8-3/h9-10,13H,6-8,11-12,14H2,1-5H3,(H,21,26). The van der Waals surface area contributed by atoms with Crippen molar-refractivity contribution in [3.8, 4) is 0 Å². The summed E-state index contributed by atoms with van der Waals surface area (Å²) in [5.74, 6) is 0.377. The van der Waals surface area contributed by atoms with E-state index in [1.54, 1.807) is 23.1 Å².